The molecule has 0 aliphatic carbocycles. The first-order chi connectivity index (χ1) is 14.3. The molecule has 0 fully saturated rings. The van der Waals surface area contributed by atoms with E-state index in [1.807, 2.05) is 0 Å². The van der Waals surface area contributed by atoms with Crippen LogP contribution in [0, 0.1) is 5.92 Å². The van der Waals surface area contributed by atoms with Crippen LogP contribution in [-0.2, 0) is 14.8 Å². The summed E-state index contributed by atoms with van der Waals surface area (Å²) < 4.78 is 34.6. The van der Waals surface area contributed by atoms with E-state index in [0.29, 0.717) is 11.4 Å². The molecule has 0 aliphatic heterocycles. The van der Waals surface area contributed by atoms with E-state index in [1.54, 1.807) is 61.3 Å². The molecule has 0 saturated heterocycles. The van der Waals surface area contributed by atoms with Gasteiger partial charge in [-0.05, 0) is 54.4 Å². The van der Waals surface area contributed by atoms with E-state index in [0.717, 1.165) is 5.69 Å². The fourth-order valence-corrected chi connectivity index (χ4v) is 4.09. The Morgan fingerprint density at radius 2 is 1.73 bits per heavy atom. The van der Waals surface area contributed by atoms with Crippen molar-refractivity contribution in [2.24, 2.45) is 5.92 Å². The van der Waals surface area contributed by atoms with Crippen LogP contribution < -0.4 is 14.8 Å². The van der Waals surface area contributed by atoms with Crippen LogP contribution in [0.25, 0.3) is 5.69 Å². The Kier molecular flexibility index (Phi) is 6.48. The second-order valence-electron chi connectivity index (χ2n) is 6.89. The molecule has 0 saturated carbocycles. The molecule has 0 aliphatic rings. The van der Waals surface area contributed by atoms with Crippen molar-refractivity contribution in [3.05, 3.63) is 61.2 Å². The molecule has 10 heteroatoms. The molecule has 0 spiro atoms. The zero-order chi connectivity index (χ0) is 21.7. The molecular weight excluding hydrogens is 406 g/mol. The van der Waals surface area contributed by atoms with Crippen LogP contribution in [-0.4, -0.2) is 42.2 Å². The minimum Gasteiger partial charge on any atom is -0.497 e. The summed E-state index contributed by atoms with van der Waals surface area (Å²) in [6.07, 6.45) is 2.99. The minimum absolute atomic E-state index is 0.0546. The Morgan fingerprint density at radius 3 is 2.27 bits per heavy atom. The van der Waals surface area contributed by atoms with Crippen molar-refractivity contribution in [1.82, 2.24) is 19.5 Å². The van der Waals surface area contributed by atoms with Crippen LogP contribution in [0.4, 0.5) is 5.69 Å². The van der Waals surface area contributed by atoms with E-state index in [9.17, 15) is 13.2 Å². The largest absolute Gasteiger partial charge is 0.497 e. The van der Waals surface area contributed by atoms with Gasteiger partial charge in [0.15, 0.2) is 0 Å². The van der Waals surface area contributed by atoms with E-state index in [-0.39, 0.29) is 10.8 Å². The molecule has 1 aromatic heterocycles. The topological polar surface area (TPSA) is 115 Å². The highest BCUT2D eigenvalue weighted by Crippen LogP contribution is 2.18. The number of rotatable bonds is 8. The van der Waals surface area contributed by atoms with E-state index in [4.69, 9.17) is 4.74 Å². The van der Waals surface area contributed by atoms with Crippen LogP contribution >= 0.6 is 0 Å². The smallest absolute Gasteiger partial charge is 0.242 e. The zero-order valence-electron chi connectivity index (χ0n) is 16.8. The standard InChI is InChI=1S/C20H23N5O4S/c1-14(2)19(24-30(27,28)18-10-8-17(29-3)9-11-18)20(26)23-15-4-6-16(7-5-15)25-13-21-12-22-25/h4-14,19,24H,1-3H3,(H,23,26)/t19-/m0/s1. The van der Waals surface area contributed by atoms with E-state index in [1.165, 1.54) is 25.6 Å². The Balaban J connectivity index is 1.72. The van der Waals surface area contributed by atoms with Crippen LogP contribution in [0.15, 0.2) is 66.1 Å². The third kappa shape index (κ3) is 5.02. The summed E-state index contributed by atoms with van der Waals surface area (Å²) in [7, 11) is -2.39. The second-order valence-corrected chi connectivity index (χ2v) is 8.61. The van der Waals surface area contributed by atoms with Gasteiger partial charge in [0.05, 0.1) is 17.7 Å². The lowest BCUT2D eigenvalue weighted by molar-refractivity contribution is -0.118. The molecule has 158 valence electrons. The van der Waals surface area contributed by atoms with E-state index in [2.05, 4.69) is 20.1 Å². The van der Waals surface area contributed by atoms with E-state index < -0.39 is 22.0 Å². The van der Waals surface area contributed by atoms with Crippen molar-refractivity contribution in [1.29, 1.82) is 0 Å². The highest BCUT2D eigenvalue weighted by Gasteiger charge is 2.28. The number of amides is 1. The number of hydrogen-bond donors (Lipinski definition) is 2. The van der Waals surface area contributed by atoms with Gasteiger partial charge in [0, 0.05) is 5.69 Å². The molecule has 30 heavy (non-hydrogen) atoms. The highest BCUT2D eigenvalue weighted by atomic mass is 32.2. The van der Waals surface area contributed by atoms with Crippen molar-refractivity contribution in [3.8, 4) is 11.4 Å². The number of sulfonamides is 1. The first-order valence-corrected chi connectivity index (χ1v) is 10.7. The van der Waals surface area contributed by atoms with Crippen LogP contribution in [0.2, 0.25) is 0 Å². The lowest BCUT2D eigenvalue weighted by atomic mass is 10.0. The summed E-state index contributed by atoms with van der Waals surface area (Å²) in [5.74, 6) is -0.176. The Labute approximate surface area is 175 Å². The number of methoxy groups -OCH3 is 1. The van der Waals surface area contributed by atoms with Crippen molar-refractivity contribution in [2.75, 3.05) is 12.4 Å². The number of anilines is 1. The number of carbonyl (C=O) groups excluding carboxylic acids is 1. The minimum atomic E-state index is -3.89. The molecule has 1 heterocycles. The molecule has 1 amide bonds. The van der Waals surface area contributed by atoms with Gasteiger partial charge in [0.25, 0.3) is 0 Å². The maximum absolute atomic E-state index is 12.8. The van der Waals surface area contributed by atoms with Gasteiger partial charge < -0.3 is 10.1 Å². The molecule has 1 atom stereocenters. The summed E-state index contributed by atoms with van der Waals surface area (Å²) in [5.41, 5.74) is 1.32. The van der Waals surface area contributed by atoms with Gasteiger partial charge in [0.2, 0.25) is 15.9 Å². The molecule has 0 bridgehead atoms. The van der Waals surface area contributed by atoms with Crippen LogP contribution in [0.3, 0.4) is 0 Å². The molecular formula is C20H23N5O4S. The number of hydrogen-bond acceptors (Lipinski definition) is 6. The Morgan fingerprint density at radius 1 is 1.07 bits per heavy atom. The molecule has 9 nitrogen and oxygen atoms in total. The summed E-state index contributed by atoms with van der Waals surface area (Å²) >= 11 is 0. The van der Waals surface area contributed by atoms with E-state index >= 15 is 0 Å². The first kappa shape index (κ1) is 21.5. The third-order valence-corrected chi connectivity index (χ3v) is 5.88. The summed E-state index contributed by atoms with van der Waals surface area (Å²) in [6, 6.07) is 12.0. The van der Waals surface area contributed by atoms with Gasteiger partial charge >= 0.3 is 0 Å². The molecule has 0 unspecified atom stereocenters. The van der Waals surface area contributed by atoms with Gasteiger partial charge in [-0.3, -0.25) is 4.79 Å². The van der Waals surface area contributed by atoms with Gasteiger partial charge in [0.1, 0.15) is 24.4 Å². The molecule has 2 aromatic carbocycles. The average molecular weight is 430 g/mol. The fraction of sp³-hybridized carbons (Fsp3) is 0.250. The normalized spacial score (nSPS) is 12.5. The maximum atomic E-state index is 12.8. The third-order valence-electron chi connectivity index (χ3n) is 4.42. The Hall–Kier alpha value is -3.24. The van der Waals surface area contributed by atoms with Crippen molar-refractivity contribution >= 4 is 21.6 Å². The molecule has 0 radical (unpaired) electrons. The molecule has 3 rings (SSSR count). The number of nitrogens with one attached hydrogen (secondary N) is 2. The quantitative estimate of drug-likeness (QED) is 0.567. The number of benzene rings is 2. The summed E-state index contributed by atoms with van der Waals surface area (Å²) in [6.45, 7) is 3.54. The highest BCUT2D eigenvalue weighted by molar-refractivity contribution is 7.89. The SMILES string of the molecule is COc1ccc(S(=O)(=O)N[C@H](C(=O)Nc2ccc(-n3cncn3)cc2)C(C)C)cc1. The Bertz CT molecular complexity index is 1080. The monoisotopic (exact) mass is 429 g/mol. The predicted molar refractivity (Wildman–Crippen MR) is 112 cm³/mol. The van der Waals surface area contributed by atoms with Gasteiger partial charge in [-0.1, -0.05) is 13.8 Å². The lowest BCUT2D eigenvalue weighted by Gasteiger charge is -2.22. The van der Waals surface area contributed by atoms with Crippen molar-refractivity contribution in [2.45, 2.75) is 24.8 Å². The van der Waals surface area contributed by atoms with Crippen molar-refractivity contribution in [3.63, 3.8) is 0 Å². The number of ether oxygens (including phenoxy) is 1. The zero-order valence-corrected chi connectivity index (χ0v) is 17.6. The maximum Gasteiger partial charge on any atom is 0.242 e. The number of nitrogens with zero attached hydrogens (tertiary/aromatic N) is 3. The number of carbonyl (C=O) groups is 1. The van der Waals surface area contributed by atoms with Crippen LogP contribution in [0.5, 0.6) is 5.75 Å². The second kappa shape index (κ2) is 9.06. The average Bonchev–Trinajstić information content (AvgIpc) is 3.27. The number of aromatic nitrogens is 3. The van der Waals surface area contributed by atoms with Gasteiger partial charge in [-0.2, -0.15) is 9.82 Å². The van der Waals surface area contributed by atoms with Crippen LogP contribution in [0.1, 0.15) is 13.8 Å². The summed E-state index contributed by atoms with van der Waals surface area (Å²) in [5, 5.41) is 6.80. The first-order valence-electron chi connectivity index (χ1n) is 9.22. The predicted octanol–water partition coefficient (Wildman–Crippen LogP) is 2.22. The summed E-state index contributed by atoms with van der Waals surface area (Å²) in [4.78, 5) is 16.7. The van der Waals surface area contributed by atoms with Gasteiger partial charge in [-0.25, -0.2) is 18.1 Å². The van der Waals surface area contributed by atoms with Crippen molar-refractivity contribution < 1.29 is 17.9 Å². The lowest BCUT2D eigenvalue weighted by Crippen LogP contribution is -2.47. The van der Waals surface area contributed by atoms with Gasteiger partial charge in [-0.15, -0.1) is 0 Å². The molecule has 2 N–H and O–H groups in total. The fourth-order valence-electron chi connectivity index (χ4n) is 2.74. The molecule has 3 aromatic rings.